The molecule has 5 heteroatoms. The number of aromatic nitrogens is 1. The van der Waals surface area contributed by atoms with Crippen molar-refractivity contribution in [3.05, 3.63) is 66.3 Å². The normalized spacial score (nSPS) is 15.2. The van der Waals surface area contributed by atoms with Crippen molar-refractivity contribution in [3.8, 4) is 11.1 Å². The van der Waals surface area contributed by atoms with E-state index in [2.05, 4.69) is 52.2 Å². The van der Waals surface area contributed by atoms with Gasteiger partial charge in [0.15, 0.2) is 0 Å². The van der Waals surface area contributed by atoms with Crippen molar-refractivity contribution in [1.29, 1.82) is 0 Å². The van der Waals surface area contributed by atoms with Gasteiger partial charge in [0.2, 0.25) is 0 Å². The second kappa shape index (κ2) is 7.55. The zero-order valence-electron chi connectivity index (χ0n) is 15.6. The van der Waals surface area contributed by atoms with Crippen LogP contribution in [0.4, 0.5) is 10.1 Å². The van der Waals surface area contributed by atoms with E-state index in [1.165, 1.54) is 12.1 Å². The first-order valence-electron chi connectivity index (χ1n) is 9.36. The van der Waals surface area contributed by atoms with Crippen LogP contribution in [0, 0.1) is 12.7 Å². The Labute approximate surface area is 159 Å². The maximum Gasteiger partial charge on any atom is 0.125 e. The van der Waals surface area contributed by atoms with Gasteiger partial charge < -0.3 is 15.6 Å². The fourth-order valence-electron chi connectivity index (χ4n) is 3.68. The SMILES string of the molecule is C=C(CN1CCNCC1)Nc1ccc(-c2c[nH]c3cc(F)ccc23)cc1C. The van der Waals surface area contributed by atoms with Crippen LogP contribution in [0.15, 0.2) is 54.9 Å². The van der Waals surface area contributed by atoms with Gasteiger partial charge in [0, 0.05) is 66.8 Å². The van der Waals surface area contributed by atoms with Gasteiger partial charge in [-0.2, -0.15) is 0 Å². The summed E-state index contributed by atoms with van der Waals surface area (Å²) < 4.78 is 13.4. The summed E-state index contributed by atoms with van der Waals surface area (Å²) in [5.41, 5.74) is 6.25. The van der Waals surface area contributed by atoms with Crippen molar-refractivity contribution in [2.45, 2.75) is 6.92 Å². The average Bonchev–Trinajstić information content (AvgIpc) is 3.07. The molecule has 0 radical (unpaired) electrons. The molecule has 4 rings (SSSR count). The van der Waals surface area contributed by atoms with E-state index in [0.29, 0.717) is 0 Å². The number of benzene rings is 2. The van der Waals surface area contributed by atoms with Gasteiger partial charge in [-0.3, -0.25) is 4.90 Å². The van der Waals surface area contributed by atoms with E-state index in [1.807, 2.05) is 12.3 Å². The monoisotopic (exact) mass is 364 g/mol. The number of H-pyrrole nitrogens is 1. The van der Waals surface area contributed by atoms with E-state index in [-0.39, 0.29) is 5.82 Å². The molecule has 4 nitrogen and oxygen atoms in total. The maximum atomic E-state index is 13.4. The van der Waals surface area contributed by atoms with Crippen LogP contribution in [0.25, 0.3) is 22.0 Å². The van der Waals surface area contributed by atoms with Crippen molar-refractivity contribution < 1.29 is 4.39 Å². The minimum atomic E-state index is -0.227. The summed E-state index contributed by atoms with van der Waals surface area (Å²) >= 11 is 0. The summed E-state index contributed by atoms with van der Waals surface area (Å²) in [7, 11) is 0. The number of aryl methyl sites for hydroxylation is 1. The highest BCUT2D eigenvalue weighted by Crippen LogP contribution is 2.31. The fraction of sp³-hybridized carbons (Fsp3) is 0.273. The molecule has 27 heavy (non-hydrogen) atoms. The molecule has 1 aliphatic heterocycles. The lowest BCUT2D eigenvalue weighted by Gasteiger charge is -2.28. The van der Waals surface area contributed by atoms with Crippen LogP contribution in [0.1, 0.15) is 5.56 Å². The van der Waals surface area contributed by atoms with Gasteiger partial charge in [-0.05, 0) is 48.4 Å². The van der Waals surface area contributed by atoms with Crippen LogP contribution in [-0.2, 0) is 0 Å². The zero-order valence-corrected chi connectivity index (χ0v) is 15.6. The maximum absolute atomic E-state index is 13.4. The Balaban J connectivity index is 1.51. The quantitative estimate of drug-likeness (QED) is 0.638. The van der Waals surface area contributed by atoms with Gasteiger partial charge in [-0.25, -0.2) is 4.39 Å². The standard InChI is InChI=1S/C22H25FN4/c1-15-11-17(20-13-25-22-12-18(23)4-5-19(20)22)3-6-21(15)26-16(2)14-27-9-7-24-8-10-27/h3-6,11-13,24-26H,2,7-10,14H2,1H3. The molecule has 1 fully saturated rings. The fourth-order valence-corrected chi connectivity index (χ4v) is 3.68. The number of nitrogens with zero attached hydrogens (tertiary/aromatic N) is 1. The van der Waals surface area contributed by atoms with Crippen LogP contribution in [-0.4, -0.2) is 42.6 Å². The Morgan fingerprint density at radius 1 is 1.19 bits per heavy atom. The van der Waals surface area contributed by atoms with Crippen molar-refractivity contribution in [1.82, 2.24) is 15.2 Å². The Hall–Kier alpha value is -2.63. The predicted molar refractivity (Wildman–Crippen MR) is 111 cm³/mol. The molecular formula is C22H25FN4. The zero-order chi connectivity index (χ0) is 18.8. The summed E-state index contributed by atoms with van der Waals surface area (Å²) in [5.74, 6) is -0.227. The van der Waals surface area contributed by atoms with Gasteiger partial charge in [0.25, 0.3) is 0 Å². The summed E-state index contributed by atoms with van der Waals surface area (Å²) in [6, 6.07) is 11.2. The number of hydrogen-bond acceptors (Lipinski definition) is 3. The third-order valence-electron chi connectivity index (χ3n) is 5.12. The van der Waals surface area contributed by atoms with E-state index >= 15 is 0 Å². The number of piperazine rings is 1. The Morgan fingerprint density at radius 2 is 2.00 bits per heavy atom. The molecule has 140 valence electrons. The number of fused-ring (bicyclic) bond motifs is 1. The topological polar surface area (TPSA) is 43.1 Å². The Bertz CT molecular complexity index is 970. The molecule has 1 saturated heterocycles. The Kier molecular flexibility index (Phi) is 4.97. The molecule has 0 saturated carbocycles. The number of aromatic amines is 1. The molecule has 0 aliphatic carbocycles. The summed E-state index contributed by atoms with van der Waals surface area (Å²) in [4.78, 5) is 5.56. The van der Waals surface area contributed by atoms with Gasteiger partial charge in [-0.15, -0.1) is 0 Å². The predicted octanol–water partition coefficient (Wildman–Crippen LogP) is 4.11. The van der Waals surface area contributed by atoms with Crippen LogP contribution in [0.2, 0.25) is 0 Å². The molecule has 3 aromatic rings. The van der Waals surface area contributed by atoms with Crippen LogP contribution < -0.4 is 10.6 Å². The van der Waals surface area contributed by atoms with Crippen molar-refractivity contribution in [2.75, 3.05) is 38.0 Å². The number of anilines is 1. The molecule has 1 aliphatic rings. The highest BCUT2D eigenvalue weighted by molar-refractivity contribution is 5.95. The number of nitrogens with one attached hydrogen (secondary N) is 3. The summed E-state index contributed by atoms with van der Waals surface area (Å²) in [6.07, 6.45) is 1.94. The van der Waals surface area contributed by atoms with Crippen molar-refractivity contribution in [3.63, 3.8) is 0 Å². The molecule has 0 amide bonds. The minimum absolute atomic E-state index is 0.227. The highest BCUT2D eigenvalue weighted by Gasteiger charge is 2.12. The second-order valence-electron chi connectivity index (χ2n) is 7.18. The van der Waals surface area contributed by atoms with Gasteiger partial charge in [0.05, 0.1) is 0 Å². The average molecular weight is 364 g/mol. The largest absolute Gasteiger partial charge is 0.360 e. The number of hydrogen-bond donors (Lipinski definition) is 3. The van der Waals surface area contributed by atoms with Crippen LogP contribution >= 0.6 is 0 Å². The van der Waals surface area contributed by atoms with Gasteiger partial charge in [-0.1, -0.05) is 12.6 Å². The summed E-state index contributed by atoms with van der Waals surface area (Å²) in [5, 5.41) is 7.86. The molecule has 1 aromatic heterocycles. The first kappa shape index (κ1) is 17.8. The molecule has 3 N–H and O–H groups in total. The highest BCUT2D eigenvalue weighted by atomic mass is 19.1. The minimum Gasteiger partial charge on any atom is -0.360 e. The second-order valence-corrected chi connectivity index (χ2v) is 7.18. The first-order valence-corrected chi connectivity index (χ1v) is 9.36. The lowest BCUT2D eigenvalue weighted by molar-refractivity contribution is 0.260. The van der Waals surface area contributed by atoms with E-state index < -0.39 is 0 Å². The van der Waals surface area contributed by atoms with Gasteiger partial charge in [0.1, 0.15) is 5.82 Å². The number of halogens is 1. The molecular weight excluding hydrogens is 339 g/mol. The van der Waals surface area contributed by atoms with Crippen molar-refractivity contribution >= 4 is 16.6 Å². The van der Waals surface area contributed by atoms with E-state index in [4.69, 9.17) is 0 Å². The molecule has 2 aromatic carbocycles. The molecule has 0 spiro atoms. The lowest BCUT2D eigenvalue weighted by Crippen LogP contribution is -2.44. The smallest absolute Gasteiger partial charge is 0.125 e. The molecule has 0 bridgehead atoms. The molecule has 0 unspecified atom stereocenters. The van der Waals surface area contributed by atoms with Gasteiger partial charge >= 0.3 is 0 Å². The van der Waals surface area contributed by atoms with Crippen molar-refractivity contribution in [2.24, 2.45) is 0 Å². The van der Waals surface area contributed by atoms with E-state index in [9.17, 15) is 4.39 Å². The van der Waals surface area contributed by atoms with Crippen LogP contribution in [0.5, 0.6) is 0 Å². The lowest BCUT2D eigenvalue weighted by atomic mass is 10.0. The Morgan fingerprint density at radius 3 is 2.78 bits per heavy atom. The third-order valence-corrected chi connectivity index (χ3v) is 5.12. The van der Waals surface area contributed by atoms with E-state index in [0.717, 1.165) is 71.7 Å². The third kappa shape index (κ3) is 3.89. The van der Waals surface area contributed by atoms with Crippen LogP contribution in [0.3, 0.4) is 0 Å². The first-order chi connectivity index (χ1) is 13.1. The van der Waals surface area contributed by atoms with E-state index in [1.54, 1.807) is 0 Å². The molecule has 0 atom stereocenters. The summed E-state index contributed by atoms with van der Waals surface area (Å²) in [6.45, 7) is 11.3. The molecule has 2 heterocycles. The number of rotatable bonds is 5.